The highest BCUT2D eigenvalue weighted by Gasteiger charge is 2.13. The number of nitrogens with zero attached hydrogens (tertiary/aromatic N) is 4. The summed E-state index contributed by atoms with van der Waals surface area (Å²) in [5.41, 5.74) is 3.54. The molecule has 0 bridgehead atoms. The van der Waals surface area contributed by atoms with Gasteiger partial charge < -0.3 is 13.7 Å². The van der Waals surface area contributed by atoms with Crippen LogP contribution in [0.15, 0.2) is 72.1 Å². The normalized spacial score (nSPS) is 10.8. The molecule has 0 saturated heterocycles. The fourth-order valence-corrected chi connectivity index (χ4v) is 2.65. The first-order chi connectivity index (χ1) is 12.3. The van der Waals surface area contributed by atoms with Crippen molar-refractivity contribution in [1.29, 1.82) is 0 Å². The Kier molecular flexibility index (Phi) is 4.00. The van der Waals surface area contributed by atoms with Crippen LogP contribution in [-0.2, 0) is 6.54 Å². The molecular weight excluding hydrogens is 316 g/mol. The third-order valence-electron chi connectivity index (χ3n) is 3.90. The number of hydrogen-bond donors (Lipinski definition) is 0. The van der Waals surface area contributed by atoms with Crippen molar-refractivity contribution in [3.05, 3.63) is 73.3 Å². The highest BCUT2D eigenvalue weighted by molar-refractivity contribution is 5.75. The number of ether oxygens (including phenoxy) is 1. The monoisotopic (exact) mass is 332 g/mol. The van der Waals surface area contributed by atoms with Gasteiger partial charge in [0.25, 0.3) is 0 Å². The van der Waals surface area contributed by atoms with E-state index in [1.807, 2.05) is 47.2 Å². The molecule has 0 amide bonds. The van der Waals surface area contributed by atoms with Crippen molar-refractivity contribution in [2.45, 2.75) is 6.54 Å². The molecule has 0 aliphatic rings. The number of aromatic nitrogens is 4. The Bertz CT molecular complexity index is 959. The summed E-state index contributed by atoms with van der Waals surface area (Å²) in [6.45, 7) is 0.723. The van der Waals surface area contributed by atoms with Crippen LogP contribution in [0.1, 0.15) is 5.56 Å². The number of rotatable bonds is 5. The molecule has 3 aromatic heterocycles. The van der Waals surface area contributed by atoms with Gasteiger partial charge in [-0.1, -0.05) is 12.1 Å². The molecule has 0 atom stereocenters. The average molecular weight is 332 g/mol. The minimum Gasteiger partial charge on any atom is -0.497 e. The minimum absolute atomic E-state index is 0.696. The van der Waals surface area contributed by atoms with E-state index in [-0.39, 0.29) is 0 Å². The molecule has 6 nitrogen and oxygen atoms in total. The van der Waals surface area contributed by atoms with E-state index in [0.29, 0.717) is 5.76 Å². The van der Waals surface area contributed by atoms with Crippen molar-refractivity contribution in [3.8, 4) is 28.5 Å². The molecule has 6 heteroatoms. The second-order valence-corrected chi connectivity index (χ2v) is 5.54. The number of hydrogen-bond acceptors (Lipinski definition) is 5. The summed E-state index contributed by atoms with van der Waals surface area (Å²) in [6, 6.07) is 11.7. The van der Waals surface area contributed by atoms with Crippen molar-refractivity contribution in [1.82, 2.24) is 19.5 Å². The van der Waals surface area contributed by atoms with Gasteiger partial charge in [-0.15, -0.1) is 0 Å². The maximum Gasteiger partial charge on any atom is 0.153 e. The highest BCUT2D eigenvalue weighted by atomic mass is 16.5. The van der Waals surface area contributed by atoms with Gasteiger partial charge in [0.2, 0.25) is 0 Å². The Balaban J connectivity index is 1.61. The number of imidazole rings is 1. The quantitative estimate of drug-likeness (QED) is 0.558. The van der Waals surface area contributed by atoms with Gasteiger partial charge in [0, 0.05) is 24.5 Å². The van der Waals surface area contributed by atoms with Crippen molar-refractivity contribution in [2.24, 2.45) is 0 Å². The van der Waals surface area contributed by atoms with Crippen LogP contribution in [0.3, 0.4) is 0 Å². The molecule has 0 aliphatic heterocycles. The lowest BCUT2D eigenvalue weighted by Crippen LogP contribution is -1.96. The molecule has 0 unspecified atom stereocenters. The zero-order valence-electron chi connectivity index (χ0n) is 13.7. The van der Waals surface area contributed by atoms with E-state index in [2.05, 4.69) is 15.0 Å². The third-order valence-corrected chi connectivity index (χ3v) is 3.90. The van der Waals surface area contributed by atoms with E-state index in [0.717, 1.165) is 29.2 Å². The van der Waals surface area contributed by atoms with Gasteiger partial charge in [-0.25, -0.2) is 15.0 Å². The fourth-order valence-electron chi connectivity index (χ4n) is 2.65. The Morgan fingerprint density at radius 3 is 2.76 bits per heavy atom. The predicted molar refractivity (Wildman–Crippen MR) is 93.1 cm³/mol. The molecule has 0 aliphatic carbocycles. The summed E-state index contributed by atoms with van der Waals surface area (Å²) >= 11 is 0. The van der Waals surface area contributed by atoms with E-state index in [9.17, 15) is 0 Å². The van der Waals surface area contributed by atoms with E-state index >= 15 is 0 Å². The molecule has 3 heterocycles. The maximum absolute atomic E-state index is 5.47. The first kappa shape index (κ1) is 15.1. The second-order valence-electron chi connectivity index (χ2n) is 5.54. The molecule has 0 fully saturated rings. The topological polar surface area (TPSA) is 66.0 Å². The lowest BCUT2D eigenvalue weighted by Gasteiger charge is -2.04. The summed E-state index contributed by atoms with van der Waals surface area (Å²) in [6.07, 6.45) is 8.68. The minimum atomic E-state index is 0.696. The molecule has 0 spiro atoms. The van der Waals surface area contributed by atoms with Crippen LogP contribution < -0.4 is 4.74 Å². The van der Waals surface area contributed by atoms with E-state index in [1.165, 1.54) is 11.9 Å². The van der Waals surface area contributed by atoms with E-state index in [4.69, 9.17) is 9.15 Å². The molecule has 4 rings (SSSR count). The molecule has 1 aromatic carbocycles. The summed E-state index contributed by atoms with van der Waals surface area (Å²) in [5.74, 6) is 1.54. The van der Waals surface area contributed by atoms with Gasteiger partial charge in [0.15, 0.2) is 5.76 Å². The number of furan rings is 1. The van der Waals surface area contributed by atoms with Crippen molar-refractivity contribution >= 4 is 0 Å². The third kappa shape index (κ3) is 3.14. The van der Waals surface area contributed by atoms with Crippen molar-refractivity contribution in [3.63, 3.8) is 0 Å². The van der Waals surface area contributed by atoms with Gasteiger partial charge in [-0.3, -0.25) is 0 Å². The van der Waals surface area contributed by atoms with Gasteiger partial charge in [-0.05, 0) is 29.8 Å². The zero-order valence-corrected chi connectivity index (χ0v) is 13.7. The van der Waals surface area contributed by atoms with Crippen LogP contribution in [0.4, 0.5) is 0 Å². The largest absolute Gasteiger partial charge is 0.497 e. The summed E-state index contributed by atoms with van der Waals surface area (Å²) < 4.78 is 12.7. The SMILES string of the molecule is COc1ccc(Cn2cnc(-c3cncnc3-c3ccco3)c2)cc1. The predicted octanol–water partition coefficient (Wildman–Crippen LogP) is 3.66. The molecule has 0 radical (unpaired) electrons. The van der Waals surface area contributed by atoms with Gasteiger partial charge in [0.05, 0.1) is 25.4 Å². The maximum atomic E-state index is 5.47. The highest BCUT2D eigenvalue weighted by Crippen LogP contribution is 2.28. The summed E-state index contributed by atoms with van der Waals surface area (Å²) in [5, 5.41) is 0. The molecule has 25 heavy (non-hydrogen) atoms. The average Bonchev–Trinajstić information content (AvgIpc) is 3.34. The standard InChI is InChI=1S/C19H16N4O2/c1-24-15-6-4-14(5-7-15)10-23-11-17(22-13-23)16-9-20-12-21-19(16)18-3-2-8-25-18/h2-9,11-13H,10H2,1H3. The Hall–Kier alpha value is -3.41. The van der Waals surface area contributed by atoms with Crippen LogP contribution in [-0.4, -0.2) is 26.6 Å². The van der Waals surface area contributed by atoms with E-state index in [1.54, 1.807) is 25.9 Å². The van der Waals surface area contributed by atoms with Crippen LogP contribution in [0.2, 0.25) is 0 Å². The Morgan fingerprint density at radius 2 is 2.00 bits per heavy atom. The lowest BCUT2D eigenvalue weighted by atomic mass is 10.1. The zero-order chi connectivity index (χ0) is 17.1. The Morgan fingerprint density at radius 1 is 1.12 bits per heavy atom. The molecule has 124 valence electrons. The van der Waals surface area contributed by atoms with Crippen LogP contribution in [0.5, 0.6) is 5.75 Å². The van der Waals surface area contributed by atoms with Gasteiger partial charge in [0.1, 0.15) is 17.8 Å². The number of methoxy groups -OCH3 is 1. The van der Waals surface area contributed by atoms with Crippen molar-refractivity contribution in [2.75, 3.05) is 7.11 Å². The van der Waals surface area contributed by atoms with Crippen LogP contribution in [0, 0.1) is 0 Å². The fraction of sp³-hybridized carbons (Fsp3) is 0.105. The molecule has 4 aromatic rings. The first-order valence-corrected chi connectivity index (χ1v) is 7.82. The molecular formula is C19H16N4O2. The molecule has 0 saturated carbocycles. The number of benzene rings is 1. The van der Waals surface area contributed by atoms with Crippen LogP contribution >= 0.6 is 0 Å². The lowest BCUT2D eigenvalue weighted by molar-refractivity contribution is 0.414. The smallest absolute Gasteiger partial charge is 0.153 e. The molecule has 0 N–H and O–H groups in total. The first-order valence-electron chi connectivity index (χ1n) is 7.82. The van der Waals surface area contributed by atoms with E-state index < -0.39 is 0 Å². The van der Waals surface area contributed by atoms with Gasteiger partial charge >= 0.3 is 0 Å². The summed E-state index contributed by atoms with van der Waals surface area (Å²) in [7, 11) is 1.66. The Labute approximate surface area is 144 Å². The van der Waals surface area contributed by atoms with Gasteiger partial charge in [-0.2, -0.15) is 0 Å². The summed E-state index contributed by atoms with van der Waals surface area (Å²) in [4.78, 5) is 13.0. The van der Waals surface area contributed by atoms with Crippen LogP contribution in [0.25, 0.3) is 22.7 Å². The second kappa shape index (κ2) is 6.60. The van der Waals surface area contributed by atoms with Crippen molar-refractivity contribution < 1.29 is 9.15 Å².